The van der Waals surface area contributed by atoms with Crippen LogP contribution in [0.2, 0.25) is 0 Å². The van der Waals surface area contributed by atoms with Crippen LogP contribution in [-0.4, -0.2) is 15.4 Å². The third-order valence-corrected chi connectivity index (χ3v) is 5.89. The smallest absolute Gasteiger partial charge is 0.416 e. The lowest BCUT2D eigenvalue weighted by Crippen LogP contribution is -2.11. The molecule has 0 spiro atoms. The van der Waals surface area contributed by atoms with Gasteiger partial charge >= 0.3 is 12.1 Å². The van der Waals surface area contributed by atoms with Gasteiger partial charge in [0.15, 0.2) is 0 Å². The Morgan fingerprint density at radius 3 is 2.51 bits per heavy atom. The number of imidazole rings is 1. The highest BCUT2D eigenvalue weighted by molar-refractivity contribution is 5.91. The first-order valence-electron chi connectivity index (χ1n) is 11.5. The highest BCUT2D eigenvalue weighted by Crippen LogP contribution is 2.33. The van der Waals surface area contributed by atoms with Gasteiger partial charge in [0.05, 0.1) is 11.1 Å². The van der Waals surface area contributed by atoms with E-state index in [9.17, 15) is 18.0 Å². The number of hydrogen-bond donors (Lipinski definition) is 1. The van der Waals surface area contributed by atoms with Crippen molar-refractivity contribution in [1.82, 2.24) is 9.38 Å². The number of carbonyl (C=O) groups excluding carboxylic acids is 1. The predicted octanol–water partition coefficient (Wildman–Crippen LogP) is 7.16. The van der Waals surface area contributed by atoms with Crippen LogP contribution in [0.15, 0.2) is 97.2 Å². The quantitative estimate of drug-likeness (QED) is 0.198. The summed E-state index contributed by atoms with van der Waals surface area (Å²) >= 11 is 0. The molecular formula is C29H22F3N3O2. The van der Waals surface area contributed by atoms with Gasteiger partial charge < -0.3 is 10.1 Å². The highest BCUT2D eigenvalue weighted by Gasteiger charge is 2.31. The Bertz CT molecular complexity index is 1580. The van der Waals surface area contributed by atoms with Gasteiger partial charge in [0.25, 0.3) is 0 Å². The van der Waals surface area contributed by atoms with Crippen LogP contribution in [0.5, 0.6) is 5.75 Å². The first-order valence-corrected chi connectivity index (χ1v) is 11.5. The van der Waals surface area contributed by atoms with Gasteiger partial charge in [-0.25, -0.2) is 9.78 Å². The number of ether oxygens (including phenoxy) is 1. The number of hydrogen-bond acceptors (Lipinski definition) is 4. The number of nitrogens with zero attached hydrogens (tertiary/aromatic N) is 2. The highest BCUT2D eigenvalue weighted by atomic mass is 19.4. The molecule has 2 heterocycles. The zero-order valence-electron chi connectivity index (χ0n) is 19.8. The molecule has 0 saturated heterocycles. The molecule has 8 heteroatoms. The Morgan fingerprint density at radius 1 is 0.946 bits per heavy atom. The Labute approximate surface area is 211 Å². The van der Waals surface area contributed by atoms with Crippen LogP contribution in [0, 0.1) is 6.92 Å². The molecule has 186 valence electrons. The van der Waals surface area contributed by atoms with E-state index in [2.05, 4.69) is 5.32 Å². The molecular weight excluding hydrogens is 479 g/mol. The Morgan fingerprint density at radius 2 is 1.73 bits per heavy atom. The van der Waals surface area contributed by atoms with Gasteiger partial charge in [0.1, 0.15) is 22.9 Å². The van der Waals surface area contributed by atoms with Gasteiger partial charge in [-0.2, -0.15) is 13.2 Å². The fourth-order valence-corrected chi connectivity index (χ4v) is 4.05. The van der Waals surface area contributed by atoms with Gasteiger partial charge in [-0.15, -0.1) is 0 Å². The molecule has 2 aromatic heterocycles. The number of benzene rings is 3. The van der Waals surface area contributed by atoms with E-state index in [0.29, 0.717) is 17.8 Å². The monoisotopic (exact) mass is 501 g/mol. The third-order valence-electron chi connectivity index (χ3n) is 5.89. The Kier molecular flexibility index (Phi) is 6.40. The summed E-state index contributed by atoms with van der Waals surface area (Å²) in [6, 6.07) is 24.8. The summed E-state index contributed by atoms with van der Waals surface area (Å²) in [4.78, 5) is 17.5. The molecule has 0 bridgehead atoms. The molecule has 0 atom stereocenters. The number of rotatable bonds is 6. The fourth-order valence-electron chi connectivity index (χ4n) is 4.05. The zero-order valence-corrected chi connectivity index (χ0v) is 19.8. The van der Waals surface area contributed by atoms with E-state index in [1.165, 1.54) is 12.1 Å². The average molecular weight is 502 g/mol. The van der Waals surface area contributed by atoms with Crippen molar-refractivity contribution >= 4 is 17.4 Å². The molecule has 0 aliphatic carbocycles. The van der Waals surface area contributed by atoms with Crippen molar-refractivity contribution in [2.24, 2.45) is 0 Å². The van der Waals surface area contributed by atoms with Crippen LogP contribution >= 0.6 is 0 Å². The molecule has 1 N–H and O–H groups in total. The summed E-state index contributed by atoms with van der Waals surface area (Å²) in [6.45, 7) is 2.54. The van der Waals surface area contributed by atoms with Crippen molar-refractivity contribution in [3.63, 3.8) is 0 Å². The van der Waals surface area contributed by atoms with E-state index in [1.807, 2.05) is 66.1 Å². The lowest BCUT2D eigenvalue weighted by molar-refractivity contribution is -0.137. The van der Waals surface area contributed by atoms with Crippen molar-refractivity contribution in [3.8, 4) is 17.0 Å². The summed E-state index contributed by atoms with van der Waals surface area (Å²) in [5.74, 6) is 0.0862. The second-order valence-corrected chi connectivity index (χ2v) is 8.53. The predicted molar refractivity (Wildman–Crippen MR) is 136 cm³/mol. The largest absolute Gasteiger partial charge is 0.423 e. The third kappa shape index (κ3) is 5.18. The van der Waals surface area contributed by atoms with E-state index in [4.69, 9.17) is 9.72 Å². The molecule has 0 aliphatic rings. The minimum atomic E-state index is -4.55. The molecule has 3 aromatic carbocycles. The Hall–Kier alpha value is -4.59. The number of pyridine rings is 1. The summed E-state index contributed by atoms with van der Waals surface area (Å²) in [5, 5.41) is 3.47. The van der Waals surface area contributed by atoms with Crippen molar-refractivity contribution in [2.45, 2.75) is 19.6 Å². The van der Waals surface area contributed by atoms with E-state index in [1.54, 1.807) is 18.2 Å². The minimum absolute atomic E-state index is 0.186. The second kappa shape index (κ2) is 9.81. The van der Waals surface area contributed by atoms with Gasteiger partial charge in [-0.3, -0.25) is 4.40 Å². The zero-order chi connectivity index (χ0) is 26.0. The van der Waals surface area contributed by atoms with Crippen LogP contribution in [0.4, 0.5) is 19.0 Å². The number of nitrogens with one attached hydrogen (secondary N) is 1. The lowest BCUT2D eigenvalue weighted by Gasteiger charge is -2.11. The first-order chi connectivity index (χ1) is 17.8. The van der Waals surface area contributed by atoms with Crippen LogP contribution in [-0.2, 0) is 12.7 Å². The van der Waals surface area contributed by atoms with Gasteiger partial charge in [-0.05, 0) is 54.4 Å². The van der Waals surface area contributed by atoms with Crippen LogP contribution < -0.4 is 10.1 Å². The van der Waals surface area contributed by atoms with E-state index in [0.717, 1.165) is 34.7 Å². The van der Waals surface area contributed by atoms with Gasteiger partial charge in [-0.1, -0.05) is 54.6 Å². The molecule has 5 aromatic rings. The normalized spacial score (nSPS) is 11.5. The number of esters is 1. The number of aromatic nitrogens is 2. The van der Waals surface area contributed by atoms with Crippen LogP contribution in [0.3, 0.4) is 0 Å². The maximum atomic E-state index is 13.1. The molecule has 0 saturated carbocycles. The number of fused-ring (bicyclic) bond motifs is 1. The maximum Gasteiger partial charge on any atom is 0.416 e. The number of aryl methyl sites for hydroxylation is 1. The van der Waals surface area contributed by atoms with Crippen molar-refractivity contribution < 1.29 is 22.7 Å². The van der Waals surface area contributed by atoms with Crippen molar-refractivity contribution in [3.05, 3.63) is 119 Å². The molecule has 37 heavy (non-hydrogen) atoms. The molecule has 0 fully saturated rings. The summed E-state index contributed by atoms with van der Waals surface area (Å²) < 4.78 is 46.6. The number of alkyl halides is 3. The molecule has 5 nitrogen and oxygen atoms in total. The number of halogens is 3. The van der Waals surface area contributed by atoms with Crippen LogP contribution in [0.1, 0.15) is 27.0 Å². The SMILES string of the molecule is Cc1cccn2c(NCc3ccccc3)c(-c3cccc(OC(=O)c4cccc(C(F)(F)F)c4)c3)nc12. The molecule has 5 rings (SSSR count). The maximum absolute atomic E-state index is 13.1. The second-order valence-electron chi connectivity index (χ2n) is 8.53. The summed E-state index contributed by atoms with van der Waals surface area (Å²) in [7, 11) is 0. The molecule has 0 aliphatic heterocycles. The fraction of sp³-hybridized carbons (Fsp3) is 0.103. The first kappa shape index (κ1) is 24.1. The molecule has 0 unspecified atom stereocenters. The minimum Gasteiger partial charge on any atom is -0.423 e. The van der Waals surface area contributed by atoms with E-state index < -0.39 is 17.7 Å². The summed E-state index contributed by atoms with van der Waals surface area (Å²) in [5.41, 5.74) is 3.11. The number of carbonyl (C=O) groups is 1. The Balaban J connectivity index is 1.47. The summed E-state index contributed by atoms with van der Waals surface area (Å²) in [6.07, 6.45) is -2.63. The topological polar surface area (TPSA) is 55.6 Å². The standard InChI is InChI=1S/C29H22F3N3O2/c1-19-8-7-15-35-26(19)34-25(27(35)33-18-20-9-3-2-4-10-20)21-11-6-14-24(17-21)37-28(36)22-12-5-13-23(16-22)29(30,31)32/h2-17,33H,18H2,1H3. The van der Waals surface area contributed by atoms with E-state index in [-0.39, 0.29) is 11.3 Å². The van der Waals surface area contributed by atoms with Crippen LogP contribution in [0.25, 0.3) is 16.9 Å². The number of anilines is 1. The van der Waals surface area contributed by atoms with Crippen molar-refractivity contribution in [2.75, 3.05) is 5.32 Å². The van der Waals surface area contributed by atoms with E-state index >= 15 is 0 Å². The van der Waals surface area contributed by atoms with Gasteiger partial charge in [0, 0.05) is 18.3 Å². The van der Waals surface area contributed by atoms with Crippen molar-refractivity contribution in [1.29, 1.82) is 0 Å². The molecule has 0 radical (unpaired) electrons. The van der Waals surface area contributed by atoms with Gasteiger partial charge in [0.2, 0.25) is 0 Å². The lowest BCUT2D eigenvalue weighted by atomic mass is 10.1. The average Bonchev–Trinajstić information content (AvgIpc) is 3.28. The molecule has 0 amide bonds.